The van der Waals surface area contributed by atoms with Crippen molar-refractivity contribution in [3.8, 4) is 11.5 Å². The van der Waals surface area contributed by atoms with Crippen molar-refractivity contribution in [3.63, 3.8) is 0 Å². The van der Waals surface area contributed by atoms with Crippen LogP contribution in [0.2, 0.25) is 0 Å². The average molecular weight is 349 g/mol. The Labute approximate surface area is 147 Å². The lowest BCUT2D eigenvalue weighted by Gasteiger charge is -2.11. The van der Waals surface area contributed by atoms with Crippen LogP contribution in [0.4, 0.5) is 5.69 Å². The van der Waals surface area contributed by atoms with Crippen LogP contribution in [0.15, 0.2) is 36.4 Å². The van der Waals surface area contributed by atoms with E-state index >= 15 is 0 Å². The molecule has 0 saturated carbocycles. The lowest BCUT2D eigenvalue weighted by atomic mass is 10.1. The highest BCUT2D eigenvalue weighted by atomic mass is 35.5. The number of nitrogens with one attached hydrogen (secondary N) is 2. The van der Waals surface area contributed by atoms with Crippen molar-refractivity contribution in [2.75, 3.05) is 25.6 Å². The van der Waals surface area contributed by atoms with E-state index in [1.165, 1.54) is 0 Å². The zero-order valence-corrected chi connectivity index (χ0v) is 14.5. The molecule has 0 atom stereocenters. The van der Waals surface area contributed by atoms with Gasteiger partial charge in [-0.15, -0.1) is 12.4 Å². The zero-order chi connectivity index (χ0) is 16.2. The highest BCUT2D eigenvalue weighted by molar-refractivity contribution is 6.04. The summed E-state index contributed by atoms with van der Waals surface area (Å²) in [6.07, 6.45) is 0. The third kappa shape index (κ3) is 3.99. The van der Waals surface area contributed by atoms with Crippen LogP contribution in [0.5, 0.6) is 11.5 Å². The van der Waals surface area contributed by atoms with E-state index in [1.807, 2.05) is 31.2 Å². The molecule has 1 amide bonds. The highest BCUT2D eigenvalue weighted by Gasteiger charge is 2.12. The normalized spacial score (nSPS) is 12.9. The highest BCUT2D eigenvalue weighted by Crippen LogP contribution is 2.25. The van der Waals surface area contributed by atoms with Gasteiger partial charge in [0.25, 0.3) is 5.91 Å². The number of benzene rings is 2. The number of hydrogen-bond acceptors (Lipinski definition) is 4. The van der Waals surface area contributed by atoms with Gasteiger partial charge < -0.3 is 20.1 Å². The van der Waals surface area contributed by atoms with Crippen molar-refractivity contribution in [2.24, 2.45) is 0 Å². The number of anilines is 1. The summed E-state index contributed by atoms with van der Waals surface area (Å²) in [6.45, 7) is 4.15. The summed E-state index contributed by atoms with van der Waals surface area (Å²) in [6, 6.07) is 11.1. The maximum absolute atomic E-state index is 12.4. The van der Waals surface area contributed by atoms with Crippen LogP contribution in [0, 0.1) is 6.92 Å². The van der Waals surface area contributed by atoms with E-state index in [0.29, 0.717) is 17.9 Å². The number of amides is 1. The van der Waals surface area contributed by atoms with Crippen LogP contribution >= 0.6 is 12.4 Å². The van der Waals surface area contributed by atoms with Gasteiger partial charge in [-0.2, -0.15) is 0 Å². The molecular weight excluding hydrogens is 328 g/mol. The van der Waals surface area contributed by atoms with Crippen LogP contribution in [0.3, 0.4) is 0 Å². The van der Waals surface area contributed by atoms with Crippen LogP contribution in [-0.4, -0.2) is 26.2 Å². The molecule has 5 nitrogen and oxygen atoms in total. The number of carbonyl (C=O) groups is 1. The van der Waals surface area contributed by atoms with E-state index in [-0.39, 0.29) is 18.3 Å². The van der Waals surface area contributed by atoms with E-state index in [1.54, 1.807) is 19.2 Å². The first-order chi connectivity index (χ1) is 11.2. The largest absolute Gasteiger partial charge is 0.496 e. The van der Waals surface area contributed by atoms with Gasteiger partial charge in [0.05, 0.1) is 7.11 Å². The van der Waals surface area contributed by atoms with Gasteiger partial charge in [0.2, 0.25) is 0 Å². The molecule has 6 heteroatoms. The summed E-state index contributed by atoms with van der Waals surface area (Å²) in [7, 11) is 1.60. The number of aryl methyl sites for hydroxylation is 1. The minimum atomic E-state index is -0.161. The number of carbonyl (C=O) groups excluding carboxylic acids is 1. The van der Waals surface area contributed by atoms with Crippen molar-refractivity contribution in [1.29, 1.82) is 0 Å². The van der Waals surface area contributed by atoms with E-state index in [0.717, 1.165) is 35.7 Å². The quantitative estimate of drug-likeness (QED) is 0.894. The summed E-state index contributed by atoms with van der Waals surface area (Å²) in [5.74, 6) is 1.41. The van der Waals surface area contributed by atoms with Gasteiger partial charge in [-0.25, -0.2) is 0 Å². The molecule has 2 N–H and O–H groups in total. The first kappa shape index (κ1) is 18.1. The van der Waals surface area contributed by atoms with Gasteiger partial charge in [-0.3, -0.25) is 4.79 Å². The number of rotatable bonds is 3. The molecule has 1 aliphatic rings. The molecule has 0 unspecified atom stereocenters. The van der Waals surface area contributed by atoms with Crippen LogP contribution in [-0.2, 0) is 6.54 Å². The van der Waals surface area contributed by atoms with Gasteiger partial charge in [0, 0.05) is 29.9 Å². The predicted octanol–water partition coefficient (Wildman–Crippen LogP) is 3.16. The second-order valence-corrected chi connectivity index (χ2v) is 5.49. The molecule has 2 aromatic carbocycles. The molecular formula is C18H21ClN2O3. The molecule has 128 valence electrons. The first-order valence-corrected chi connectivity index (χ1v) is 7.60. The van der Waals surface area contributed by atoms with Crippen LogP contribution in [0.25, 0.3) is 0 Å². The third-order valence-electron chi connectivity index (χ3n) is 3.84. The SMILES string of the molecule is COc1cc(C(=O)Nc2ccc3c(c2)CNCCO3)ccc1C.Cl. The van der Waals surface area contributed by atoms with Crippen LogP contribution < -0.4 is 20.1 Å². The second-order valence-electron chi connectivity index (χ2n) is 5.49. The minimum absolute atomic E-state index is 0. The molecule has 0 saturated heterocycles. The minimum Gasteiger partial charge on any atom is -0.496 e. The number of ether oxygens (including phenoxy) is 2. The molecule has 0 aromatic heterocycles. The van der Waals surface area contributed by atoms with Crippen molar-refractivity contribution in [2.45, 2.75) is 13.5 Å². The maximum Gasteiger partial charge on any atom is 0.255 e. The summed E-state index contributed by atoms with van der Waals surface area (Å²) in [4.78, 5) is 12.4. The van der Waals surface area contributed by atoms with Gasteiger partial charge in [-0.1, -0.05) is 6.07 Å². The van der Waals surface area contributed by atoms with Gasteiger partial charge in [-0.05, 0) is 42.8 Å². The first-order valence-electron chi connectivity index (χ1n) is 7.60. The predicted molar refractivity (Wildman–Crippen MR) is 96.6 cm³/mol. The summed E-state index contributed by atoms with van der Waals surface area (Å²) in [5, 5.41) is 6.20. The molecule has 2 aromatic rings. The van der Waals surface area contributed by atoms with Crippen molar-refractivity contribution >= 4 is 24.0 Å². The Morgan fingerprint density at radius 2 is 2.08 bits per heavy atom. The lowest BCUT2D eigenvalue weighted by molar-refractivity contribution is 0.102. The van der Waals surface area contributed by atoms with E-state index in [9.17, 15) is 4.79 Å². The molecule has 0 bridgehead atoms. The fourth-order valence-corrected chi connectivity index (χ4v) is 2.56. The Kier molecular flexibility index (Phi) is 6.06. The topological polar surface area (TPSA) is 59.6 Å². The molecule has 0 fully saturated rings. The van der Waals surface area contributed by atoms with Gasteiger partial charge >= 0.3 is 0 Å². The molecule has 1 aliphatic heterocycles. The van der Waals surface area contributed by atoms with Crippen molar-refractivity contribution in [1.82, 2.24) is 5.32 Å². The Bertz CT molecular complexity index is 734. The lowest BCUT2D eigenvalue weighted by Crippen LogP contribution is -2.16. The monoisotopic (exact) mass is 348 g/mol. The maximum atomic E-state index is 12.4. The Balaban J connectivity index is 0.00000208. The number of methoxy groups -OCH3 is 1. The third-order valence-corrected chi connectivity index (χ3v) is 3.84. The van der Waals surface area contributed by atoms with Crippen molar-refractivity contribution in [3.05, 3.63) is 53.1 Å². The Morgan fingerprint density at radius 3 is 2.88 bits per heavy atom. The van der Waals surface area contributed by atoms with E-state index in [4.69, 9.17) is 9.47 Å². The van der Waals surface area contributed by atoms with Crippen LogP contribution in [0.1, 0.15) is 21.5 Å². The second kappa shape index (κ2) is 8.04. The molecule has 0 radical (unpaired) electrons. The summed E-state index contributed by atoms with van der Waals surface area (Å²) < 4.78 is 10.9. The van der Waals surface area contributed by atoms with E-state index in [2.05, 4.69) is 10.6 Å². The number of fused-ring (bicyclic) bond motifs is 1. The van der Waals surface area contributed by atoms with Gasteiger partial charge in [0.15, 0.2) is 0 Å². The fraction of sp³-hybridized carbons (Fsp3) is 0.278. The number of hydrogen-bond donors (Lipinski definition) is 2. The summed E-state index contributed by atoms with van der Waals surface area (Å²) in [5.41, 5.74) is 3.36. The average Bonchev–Trinajstić information content (AvgIpc) is 2.80. The zero-order valence-electron chi connectivity index (χ0n) is 13.7. The standard InChI is InChI=1S/C18H20N2O3.ClH/c1-12-3-4-13(10-17(12)22-2)18(21)20-15-5-6-16-14(9-15)11-19-7-8-23-16;/h3-6,9-10,19H,7-8,11H2,1-2H3,(H,20,21);1H. The summed E-state index contributed by atoms with van der Waals surface area (Å²) >= 11 is 0. The molecule has 0 spiro atoms. The van der Waals surface area contributed by atoms with Crippen molar-refractivity contribution < 1.29 is 14.3 Å². The Morgan fingerprint density at radius 1 is 1.25 bits per heavy atom. The number of halogens is 1. The molecule has 3 rings (SSSR count). The smallest absolute Gasteiger partial charge is 0.255 e. The fourth-order valence-electron chi connectivity index (χ4n) is 2.56. The molecule has 1 heterocycles. The Hall–Kier alpha value is -2.24. The van der Waals surface area contributed by atoms with E-state index < -0.39 is 0 Å². The van der Waals surface area contributed by atoms with Gasteiger partial charge in [0.1, 0.15) is 18.1 Å². The molecule has 24 heavy (non-hydrogen) atoms. The molecule has 0 aliphatic carbocycles.